The molecule has 3 aliphatic rings. The third-order valence-corrected chi connectivity index (χ3v) is 17.5. The zero-order valence-corrected chi connectivity index (χ0v) is 47.1. The van der Waals surface area contributed by atoms with Crippen molar-refractivity contribution in [2.75, 3.05) is 9.80 Å². The number of anilines is 6. The predicted molar refractivity (Wildman–Crippen MR) is 321 cm³/mol. The van der Waals surface area contributed by atoms with Crippen molar-refractivity contribution < 1.29 is 0 Å². The zero-order chi connectivity index (χ0) is 52.5. The molecule has 8 aromatic carbocycles. The van der Waals surface area contributed by atoms with Crippen molar-refractivity contribution in [3.05, 3.63) is 209 Å². The molecular weight excluding hydrogens is 892 g/mol. The van der Waals surface area contributed by atoms with Gasteiger partial charge in [-0.3, -0.25) is 0 Å². The Labute approximate surface area is 445 Å². The van der Waals surface area contributed by atoms with Crippen LogP contribution in [0.4, 0.5) is 34.1 Å². The van der Waals surface area contributed by atoms with Crippen LogP contribution in [0.5, 0.6) is 0 Å². The Balaban J connectivity index is 1.34. The smallest absolute Gasteiger partial charge is 0.252 e. The molecule has 74 heavy (non-hydrogen) atoms. The molecule has 0 bridgehead atoms. The Morgan fingerprint density at radius 2 is 0.838 bits per heavy atom. The van der Waals surface area contributed by atoms with E-state index in [2.05, 4.69) is 284 Å². The Morgan fingerprint density at radius 3 is 1.38 bits per heavy atom. The van der Waals surface area contributed by atoms with Crippen molar-refractivity contribution in [1.82, 2.24) is 0 Å². The minimum atomic E-state index is -0.245. The quantitative estimate of drug-likeness (QED) is 0.153. The van der Waals surface area contributed by atoms with Gasteiger partial charge in [-0.05, 0) is 155 Å². The molecule has 11 rings (SSSR count). The number of fused-ring (bicyclic) bond motifs is 5. The summed E-state index contributed by atoms with van der Waals surface area (Å²) in [6.07, 6.45) is 2.29. The first-order valence-electron chi connectivity index (χ1n) is 27.4. The Morgan fingerprint density at radius 1 is 0.378 bits per heavy atom. The second-order valence-corrected chi connectivity index (χ2v) is 27.0. The van der Waals surface area contributed by atoms with E-state index in [9.17, 15) is 0 Å². The normalized spacial score (nSPS) is 15.8. The number of rotatable bonds is 6. The first-order valence-corrected chi connectivity index (χ1v) is 27.4. The Kier molecular flexibility index (Phi) is 11.6. The molecule has 0 aromatic heterocycles. The summed E-state index contributed by atoms with van der Waals surface area (Å²) < 4.78 is 0. The molecule has 1 aliphatic carbocycles. The van der Waals surface area contributed by atoms with E-state index in [1.807, 2.05) is 0 Å². The van der Waals surface area contributed by atoms with Gasteiger partial charge in [-0.15, -0.1) is 0 Å². The highest BCUT2D eigenvalue weighted by Gasteiger charge is 2.48. The molecule has 0 spiro atoms. The topological polar surface area (TPSA) is 6.48 Å². The molecule has 2 nitrogen and oxygen atoms in total. The average molecular weight is 969 g/mol. The van der Waals surface area contributed by atoms with Crippen molar-refractivity contribution in [3.8, 4) is 22.3 Å². The third-order valence-electron chi connectivity index (χ3n) is 17.5. The van der Waals surface area contributed by atoms with Crippen LogP contribution in [0.25, 0.3) is 22.3 Å². The summed E-state index contributed by atoms with van der Waals surface area (Å²) >= 11 is 0. The molecule has 0 N–H and O–H groups in total. The highest BCUT2D eigenvalue weighted by molar-refractivity contribution is 7.00. The molecule has 2 aliphatic heterocycles. The minimum Gasteiger partial charge on any atom is -0.311 e. The average Bonchev–Trinajstić information content (AvgIpc) is 3.36. The van der Waals surface area contributed by atoms with Crippen molar-refractivity contribution in [2.24, 2.45) is 0 Å². The lowest BCUT2D eigenvalue weighted by Gasteiger charge is -2.48. The Bertz CT molecular complexity index is 3410. The second kappa shape index (κ2) is 17.2. The van der Waals surface area contributed by atoms with Gasteiger partial charge in [0.2, 0.25) is 0 Å². The van der Waals surface area contributed by atoms with E-state index in [4.69, 9.17) is 0 Å². The molecular formula is C71H77BN2. The van der Waals surface area contributed by atoms with Crippen LogP contribution < -0.4 is 26.2 Å². The lowest BCUT2D eigenvalue weighted by atomic mass is 9.33. The summed E-state index contributed by atoms with van der Waals surface area (Å²) in [6, 6.07) is 66.0. The lowest BCUT2D eigenvalue weighted by molar-refractivity contribution is 0.332. The van der Waals surface area contributed by atoms with Crippen molar-refractivity contribution in [2.45, 2.75) is 149 Å². The van der Waals surface area contributed by atoms with E-state index in [0.29, 0.717) is 0 Å². The standard InChI is InChI=1S/C71H77BN2/c1-66(2,3)49-32-25-33-53(38-49)73-60-41-50(71(14,15)48-30-23-18-24-31-48)34-35-58(60)72-59-44-56-57(70(12,13)37-36-69(56,10)11)45-61(59)74(63-43-52(68(7,8)9)42-62(73)64(63)72)65-54(46-26-19-16-20-27-46)39-51(67(4,5)6)40-55(65)47-28-21-17-22-29-47/h16-35,38-45H,36-37H2,1-15H3. The van der Waals surface area contributed by atoms with Gasteiger partial charge < -0.3 is 9.80 Å². The molecule has 0 radical (unpaired) electrons. The molecule has 374 valence electrons. The summed E-state index contributed by atoms with van der Waals surface area (Å²) in [5.74, 6) is 0. The maximum atomic E-state index is 2.76. The predicted octanol–water partition coefficient (Wildman–Crippen LogP) is 17.7. The van der Waals surface area contributed by atoms with Crippen LogP contribution in [-0.4, -0.2) is 6.71 Å². The summed E-state index contributed by atoms with van der Waals surface area (Å²) in [6.45, 7) is 36.0. The fourth-order valence-corrected chi connectivity index (χ4v) is 12.5. The molecule has 3 heteroatoms. The molecule has 0 atom stereocenters. The highest BCUT2D eigenvalue weighted by atomic mass is 15.2. The van der Waals surface area contributed by atoms with Crippen molar-refractivity contribution in [1.29, 1.82) is 0 Å². The Hall–Kier alpha value is -6.58. The van der Waals surface area contributed by atoms with Crippen LogP contribution >= 0.6 is 0 Å². The molecule has 0 fully saturated rings. The van der Waals surface area contributed by atoms with E-state index < -0.39 is 0 Å². The van der Waals surface area contributed by atoms with Crippen LogP contribution in [0.1, 0.15) is 156 Å². The van der Waals surface area contributed by atoms with Gasteiger partial charge >= 0.3 is 0 Å². The molecule has 0 amide bonds. The van der Waals surface area contributed by atoms with Crippen LogP contribution in [0.3, 0.4) is 0 Å². The molecule has 0 unspecified atom stereocenters. The molecule has 8 aromatic rings. The van der Waals surface area contributed by atoms with Gasteiger partial charge in [0.05, 0.1) is 5.69 Å². The van der Waals surface area contributed by atoms with E-state index in [1.54, 1.807) is 0 Å². The summed E-state index contributed by atoms with van der Waals surface area (Å²) in [5, 5.41) is 0. The molecule has 0 saturated heterocycles. The summed E-state index contributed by atoms with van der Waals surface area (Å²) in [7, 11) is 0. The second-order valence-electron chi connectivity index (χ2n) is 27.0. The fourth-order valence-electron chi connectivity index (χ4n) is 12.5. The van der Waals surface area contributed by atoms with Crippen LogP contribution in [0.2, 0.25) is 0 Å². The van der Waals surface area contributed by atoms with E-state index in [0.717, 1.165) is 12.8 Å². The van der Waals surface area contributed by atoms with Gasteiger partial charge in [0.1, 0.15) is 0 Å². The number of hydrogen-bond donors (Lipinski definition) is 0. The van der Waals surface area contributed by atoms with Crippen LogP contribution in [-0.2, 0) is 32.5 Å². The van der Waals surface area contributed by atoms with E-state index in [-0.39, 0.29) is 39.2 Å². The van der Waals surface area contributed by atoms with Gasteiger partial charge in [-0.2, -0.15) is 0 Å². The number of benzene rings is 8. The van der Waals surface area contributed by atoms with Gasteiger partial charge in [0.25, 0.3) is 6.71 Å². The monoisotopic (exact) mass is 969 g/mol. The molecule has 0 saturated carbocycles. The van der Waals surface area contributed by atoms with E-state index in [1.165, 1.54) is 112 Å². The first-order chi connectivity index (χ1) is 34.8. The molecule has 2 heterocycles. The first kappa shape index (κ1) is 49.6. The van der Waals surface area contributed by atoms with Crippen molar-refractivity contribution >= 4 is 57.2 Å². The number of hydrogen-bond acceptors (Lipinski definition) is 2. The van der Waals surface area contributed by atoms with Crippen molar-refractivity contribution in [3.63, 3.8) is 0 Å². The SMILES string of the molecule is CC(C)(C)c1cccc(N2c3cc(C(C)(C)c4ccccc4)ccc3B3c4cc5c(cc4N(c4c(-c6ccccc6)cc(C(C)(C)C)cc4-c4ccccc4)c4cc(C(C)(C)C)cc2c43)C(C)(C)CCC5(C)C)c1. The number of nitrogens with zero attached hydrogens (tertiary/aromatic N) is 2. The fraction of sp³-hybridized carbons (Fsp3) is 0.324. The van der Waals surface area contributed by atoms with E-state index >= 15 is 0 Å². The maximum Gasteiger partial charge on any atom is 0.252 e. The van der Waals surface area contributed by atoms with Crippen LogP contribution in [0, 0.1) is 0 Å². The van der Waals surface area contributed by atoms with Gasteiger partial charge in [0.15, 0.2) is 0 Å². The van der Waals surface area contributed by atoms with Gasteiger partial charge in [-0.1, -0.05) is 225 Å². The van der Waals surface area contributed by atoms with Crippen LogP contribution in [0.15, 0.2) is 170 Å². The van der Waals surface area contributed by atoms with Gasteiger partial charge in [-0.25, -0.2) is 0 Å². The highest BCUT2D eigenvalue weighted by Crippen LogP contribution is 2.55. The maximum absolute atomic E-state index is 2.76. The zero-order valence-electron chi connectivity index (χ0n) is 47.1. The summed E-state index contributed by atoms with van der Waals surface area (Å²) in [5.41, 5.74) is 25.4. The lowest BCUT2D eigenvalue weighted by Crippen LogP contribution is -2.62. The van der Waals surface area contributed by atoms with Gasteiger partial charge in [0, 0.05) is 45.0 Å². The largest absolute Gasteiger partial charge is 0.311 e. The minimum absolute atomic E-state index is 0.00314. The third kappa shape index (κ3) is 8.25. The summed E-state index contributed by atoms with van der Waals surface area (Å²) in [4.78, 5) is 5.42.